The van der Waals surface area contributed by atoms with Gasteiger partial charge in [0.25, 0.3) is 0 Å². The summed E-state index contributed by atoms with van der Waals surface area (Å²) in [6, 6.07) is 4.55. The maximum Gasteiger partial charge on any atom is 0.107 e. The fraction of sp³-hybridized carbons (Fsp3) is 0.559. The van der Waals surface area contributed by atoms with Crippen molar-refractivity contribution in [3.8, 4) is 0 Å². The molecule has 0 amide bonds. The molecule has 0 spiro atoms. The number of hydrogen-bond acceptors (Lipinski definition) is 0. The second-order valence-electron chi connectivity index (χ2n) is 12.1. The summed E-state index contributed by atoms with van der Waals surface area (Å²) in [6.45, 7) is 33.8. The maximum atomic E-state index is 4.59. The zero-order valence-electron chi connectivity index (χ0n) is 24.8. The third-order valence-electron chi connectivity index (χ3n) is 9.18. The molecule has 1 aromatic carbocycles. The van der Waals surface area contributed by atoms with Crippen molar-refractivity contribution < 1.29 is 0 Å². The molecule has 4 atom stereocenters. The Morgan fingerprint density at radius 1 is 0.784 bits per heavy atom. The van der Waals surface area contributed by atoms with Crippen molar-refractivity contribution in [2.24, 2.45) is 17.3 Å². The number of benzene rings is 1. The number of hydrogen-bond donors (Lipinski definition) is 0. The Hall–Kier alpha value is -2.05. The topological polar surface area (TPSA) is 9.86 Å². The van der Waals surface area contributed by atoms with Crippen LogP contribution in [0.4, 0.5) is 0 Å². The summed E-state index contributed by atoms with van der Waals surface area (Å²) in [5, 5.41) is 9.06. The second-order valence-corrected chi connectivity index (χ2v) is 14.3. The molecule has 0 aliphatic rings. The summed E-state index contributed by atoms with van der Waals surface area (Å²) in [5.41, 5.74) is 0.464. The van der Waals surface area contributed by atoms with Gasteiger partial charge in [-0.1, -0.05) is 87.1 Å². The van der Waals surface area contributed by atoms with Gasteiger partial charge in [0.2, 0.25) is 0 Å². The highest BCUT2D eigenvalue weighted by molar-refractivity contribution is 7.55. The average molecular weight is 520 g/mol. The highest BCUT2D eigenvalue weighted by atomic mass is 31.1. The van der Waals surface area contributed by atoms with Gasteiger partial charge < -0.3 is 9.13 Å². The predicted molar refractivity (Wildman–Crippen MR) is 173 cm³/mol. The molecule has 0 aliphatic carbocycles. The van der Waals surface area contributed by atoms with Gasteiger partial charge in [-0.3, -0.25) is 0 Å². The summed E-state index contributed by atoms with van der Waals surface area (Å²) in [5.74, 6) is 1.41. The van der Waals surface area contributed by atoms with Crippen molar-refractivity contribution in [2.45, 2.75) is 93.2 Å². The summed E-state index contributed by atoms with van der Waals surface area (Å²) in [4.78, 5) is 0. The first-order valence-electron chi connectivity index (χ1n) is 14.5. The normalized spacial score (nSPS) is 15.8. The number of rotatable bonds is 14. The molecule has 3 heteroatoms. The van der Waals surface area contributed by atoms with E-state index >= 15 is 0 Å². The van der Waals surface area contributed by atoms with Crippen LogP contribution in [-0.2, 0) is 13.1 Å². The quantitative estimate of drug-likeness (QED) is 0.207. The molecule has 0 N–H and O–H groups in total. The van der Waals surface area contributed by atoms with E-state index in [1.54, 1.807) is 0 Å². The Kier molecular flexibility index (Phi) is 9.73. The Balaban J connectivity index is 1.74. The lowest BCUT2D eigenvalue weighted by Gasteiger charge is -2.30. The Morgan fingerprint density at radius 2 is 1.27 bits per heavy atom. The van der Waals surface area contributed by atoms with Gasteiger partial charge in [0.05, 0.1) is 13.8 Å². The molecule has 0 aliphatic heterocycles. The molecule has 0 radical (unpaired) electrons. The van der Waals surface area contributed by atoms with Crippen LogP contribution >= 0.6 is 7.55 Å². The molecule has 4 unspecified atom stereocenters. The summed E-state index contributed by atoms with van der Waals surface area (Å²) < 4.78 is 4.62. The second kappa shape index (κ2) is 12.2. The SMILES string of the molecule is C=c1c2cc3c(=C)n(CC(C)CC)c(=C)c3cc2c(=C)n1CCC[P+](=C)CCC(C)(CC)CC(C)CC. The van der Waals surface area contributed by atoms with Crippen LogP contribution in [0.5, 0.6) is 0 Å². The van der Waals surface area contributed by atoms with Gasteiger partial charge in [-0.25, -0.2) is 0 Å². The first-order valence-corrected chi connectivity index (χ1v) is 16.4. The monoisotopic (exact) mass is 519 g/mol. The van der Waals surface area contributed by atoms with Crippen LogP contribution in [0.15, 0.2) is 12.1 Å². The number of nitrogens with zero attached hydrogens (tertiary/aromatic N) is 2. The zero-order valence-corrected chi connectivity index (χ0v) is 25.7. The van der Waals surface area contributed by atoms with E-state index in [9.17, 15) is 0 Å². The highest BCUT2D eigenvalue weighted by Gasteiger charge is 2.26. The smallest absolute Gasteiger partial charge is 0.107 e. The Morgan fingerprint density at radius 3 is 1.73 bits per heavy atom. The van der Waals surface area contributed by atoms with Crippen LogP contribution in [0.2, 0.25) is 0 Å². The lowest BCUT2D eigenvalue weighted by Crippen LogP contribution is -2.28. The highest BCUT2D eigenvalue weighted by Crippen LogP contribution is 2.38. The van der Waals surface area contributed by atoms with Crippen LogP contribution in [0.25, 0.3) is 47.9 Å². The summed E-state index contributed by atoms with van der Waals surface area (Å²) in [7, 11) is -0.182. The average Bonchev–Trinajstić information content (AvgIpc) is 3.26. The van der Waals surface area contributed by atoms with E-state index in [1.807, 2.05) is 0 Å². The van der Waals surface area contributed by atoms with Crippen molar-refractivity contribution in [3.63, 3.8) is 0 Å². The molecular formula is C34H52N2P+. The fourth-order valence-electron chi connectivity index (χ4n) is 5.79. The third-order valence-corrected chi connectivity index (χ3v) is 11.0. The van der Waals surface area contributed by atoms with Gasteiger partial charge in [-0.05, 0) is 42.2 Å². The zero-order chi connectivity index (χ0) is 27.5. The Bertz CT molecular complexity index is 1380. The van der Waals surface area contributed by atoms with Crippen LogP contribution in [0.1, 0.15) is 80.1 Å². The van der Waals surface area contributed by atoms with Crippen LogP contribution in [-0.4, -0.2) is 27.8 Å². The van der Waals surface area contributed by atoms with E-state index in [0.717, 1.165) is 53.2 Å². The lowest BCUT2D eigenvalue weighted by molar-refractivity contribution is 0.227. The molecule has 202 valence electrons. The van der Waals surface area contributed by atoms with Gasteiger partial charge in [-0.2, -0.15) is 0 Å². The van der Waals surface area contributed by atoms with Crippen LogP contribution in [0, 0.1) is 17.3 Å². The van der Waals surface area contributed by atoms with Crippen molar-refractivity contribution >= 4 is 61.7 Å². The molecular weight excluding hydrogens is 467 g/mol. The minimum atomic E-state index is -0.182. The molecule has 0 fully saturated rings. The molecule has 37 heavy (non-hydrogen) atoms. The van der Waals surface area contributed by atoms with Crippen LogP contribution < -0.4 is 21.4 Å². The van der Waals surface area contributed by atoms with Gasteiger partial charge in [-0.15, -0.1) is 0 Å². The largest absolute Gasteiger partial charge is 0.341 e. The number of aromatic nitrogens is 2. The minimum Gasteiger partial charge on any atom is -0.341 e. The minimum absolute atomic E-state index is 0.182. The molecule has 0 saturated carbocycles. The van der Waals surface area contributed by atoms with E-state index in [4.69, 9.17) is 0 Å². The molecule has 2 nitrogen and oxygen atoms in total. The van der Waals surface area contributed by atoms with Gasteiger partial charge in [0.15, 0.2) is 0 Å². The first-order chi connectivity index (χ1) is 17.5. The molecule has 2 heterocycles. The van der Waals surface area contributed by atoms with E-state index in [1.165, 1.54) is 59.6 Å². The molecule has 3 aromatic rings. The lowest BCUT2D eigenvalue weighted by atomic mass is 9.76. The van der Waals surface area contributed by atoms with Crippen molar-refractivity contribution in [2.75, 3.05) is 12.3 Å². The third kappa shape index (κ3) is 6.34. The maximum absolute atomic E-state index is 4.59. The van der Waals surface area contributed by atoms with Gasteiger partial charge >= 0.3 is 0 Å². The van der Waals surface area contributed by atoms with E-state index < -0.39 is 0 Å². The summed E-state index contributed by atoms with van der Waals surface area (Å²) in [6.07, 6.45) is 14.6. The predicted octanol–water partition coefficient (Wildman–Crippen LogP) is 6.83. The molecule has 2 aromatic heterocycles. The van der Waals surface area contributed by atoms with Gasteiger partial charge in [0.1, 0.15) is 12.3 Å². The van der Waals surface area contributed by atoms with E-state index in [2.05, 4.69) is 95.4 Å². The first kappa shape index (κ1) is 29.5. The van der Waals surface area contributed by atoms with Crippen molar-refractivity contribution in [1.82, 2.24) is 9.13 Å². The van der Waals surface area contributed by atoms with Crippen molar-refractivity contribution in [3.05, 3.63) is 33.5 Å². The van der Waals surface area contributed by atoms with E-state index in [-0.39, 0.29) is 7.55 Å². The van der Waals surface area contributed by atoms with E-state index in [0.29, 0.717) is 11.3 Å². The number of fused-ring (bicyclic) bond motifs is 2. The Labute approximate surface area is 226 Å². The molecule has 3 rings (SSSR count). The summed E-state index contributed by atoms with van der Waals surface area (Å²) >= 11 is 0. The molecule has 0 bridgehead atoms. The fourth-order valence-corrected chi connectivity index (χ4v) is 7.46. The van der Waals surface area contributed by atoms with Gasteiger partial charge in [0, 0.05) is 62.5 Å². The van der Waals surface area contributed by atoms with Crippen LogP contribution in [0.3, 0.4) is 0 Å². The molecule has 0 saturated heterocycles. The standard InChI is InChI=1S/C34H52N2P/c1-12-24(4)22-34(10,14-3)16-19-37(11)18-15-17-35-26(6)30-20-32-28(8)36(23-25(5)13-2)29(9)33(32)21-31(30)27(35)7/h20-21,24-25H,6-9,11-19,22-23H2,1-5,10H3/q+1. The van der Waals surface area contributed by atoms with Crippen molar-refractivity contribution in [1.29, 1.82) is 0 Å².